The van der Waals surface area contributed by atoms with Crippen LogP contribution in [-0.2, 0) is 12.4 Å². The zero-order chi connectivity index (χ0) is 21.2. The Bertz CT molecular complexity index is 773. The topological polar surface area (TPSA) is 39.1 Å². The molecule has 3 rings (SSSR count). The summed E-state index contributed by atoms with van der Waals surface area (Å²) < 4.78 is 79.0. The van der Waals surface area contributed by atoms with E-state index in [9.17, 15) is 26.3 Å². The van der Waals surface area contributed by atoms with Crippen LogP contribution < -0.4 is 5.32 Å². The Labute approximate surface area is 165 Å². The van der Waals surface area contributed by atoms with Crippen molar-refractivity contribution in [2.75, 3.05) is 26.2 Å². The SMILES string of the molecule is N#CCN1CCC(CNC(=C2CC2)c2cc(C(F)(F)F)cc(C(F)(F)F)c2)CC1. The van der Waals surface area contributed by atoms with Gasteiger partial charge in [0.05, 0.1) is 23.7 Å². The second kappa shape index (κ2) is 8.27. The fourth-order valence-corrected chi connectivity index (χ4v) is 3.54. The Hall–Kier alpha value is -2.21. The number of halogens is 6. The smallest absolute Gasteiger partial charge is 0.384 e. The fourth-order valence-electron chi connectivity index (χ4n) is 3.54. The van der Waals surface area contributed by atoms with Crippen molar-refractivity contribution in [2.45, 2.75) is 38.0 Å². The first-order chi connectivity index (χ1) is 13.6. The van der Waals surface area contributed by atoms with Gasteiger partial charge in [0.15, 0.2) is 0 Å². The molecule has 0 radical (unpaired) electrons. The Morgan fingerprint density at radius 2 is 1.55 bits per heavy atom. The molecule has 0 unspecified atom stereocenters. The summed E-state index contributed by atoms with van der Waals surface area (Å²) in [6, 6.07) is 3.84. The van der Waals surface area contributed by atoms with E-state index in [1.54, 1.807) is 0 Å². The van der Waals surface area contributed by atoms with Gasteiger partial charge in [-0.2, -0.15) is 31.6 Å². The van der Waals surface area contributed by atoms with Gasteiger partial charge in [-0.3, -0.25) is 4.90 Å². The van der Waals surface area contributed by atoms with Crippen molar-refractivity contribution in [1.29, 1.82) is 5.26 Å². The number of likely N-dealkylation sites (tertiary alicyclic amines) is 1. The highest BCUT2D eigenvalue weighted by molar-refractivity contribution is 5.71. The number of allylic oxidation sites excluding steroid dienone is 1. The summed E-state index contributed by atoms with van der Waals surface area (Å²) in [6.45, 7) is 2.36. The molecule has 0 bridgehead atoms. The Balaban J connectivity index is 1.78. The largest absolute Gasteiger partial charge is 0.416 e. The summed E-state index contributed by atoms with van der Waals surface area (Å²) in [6.07, 6.45) is -6.73. The first kappa shape index (κ1) is 21.5. The minimum absolute atomic E-state index is 0.0680. The van der Waals surface area contributed by atoms with E-state index in [1.807, 2.05) is 4.90 Å². The van der Waals surface area contributed by atoms with E-state index < -0.39 is 23.5 Å². The van der Waals surface area contributed by atoms with Crippen LogP contribution in [0.15, 0.2) is 23.8 Å². The molecular formula is C20H21F6N3. The molecule has 0 aromatic heterocycles. The third kappa shape index (κ3) is 5.66. The summed E-state index contributed by atoms with van der Waals surface area (Å²) in [5, 5.41) is 11.9. The highest BCUT2D eigenvalue weighted by Crippen LogP contribution is 2.40. The van der Waals surface area contributed by atoms with Crippen molar-refractivity contribution in [3.8, 4) is 6.07 Å². The molecule has 2 aliphatic rings. The van der Waals surface area contributed by atoms with Gasteiger partial charge in [0, 0.05) is 12.2 Å². The molecule has 158 valence electrons. The number of nitriles is 1. The molecule has 3 nitrogen and oxygen atoms in total. The van der Waals surface area contributed by atoms with Crippen LogP contribution in [0.4, 0.5) is 26.3 Å². The summed E-state index contributed by atoms with van der Waals surface area (Å²) >= 11 is 0. The Morgan fingerprint density at radius 3 is 2.00 bits per heavy atom. The average molecular weight is 417 g/mol. The molecule has 0 atom stereocenters. The first-order valence-electron chi connectivity index (χ1n) is 9.43. The normalized spacial score (nSPS) is 18.4. The standard InChI is InChI=1S/C20H21F6N3/c21-19(22,23)16-9-15(10-17(11-16)20(24,25)26)18(14-1-2-14)28-12-13-3-6-29(7-4-13)8-5-27/h9-11,13,28H,1-4,6-8,12H2. The molecule has 1 aromatic carbocycles. The highest BCUT2D eigenvalue weighted by atomic mass is 19.4. The van der Waals surface area contributed by atoms with Gasteiger partial charge in [0.25, 0.3) is 0 Å². The molecule has 1 N–H and O–H groups in total. The monoisotopic (exact) mass is 417 g/mol. The van der Waals surface area contributed by atoms with Gasteiger partial charge in [-0.05, 0) is 74.0 Å². The highest BCUT2D eigenvalue weighted by Gasteiger charge is 2.37. The molecule has 1 aliphatic heterocycles. The second-order valence-corrected chi connectivity index (χ2v) is 7.53. The molecule has 1 saturated carbocycles. The van der Waals surface area contributed by atoms with Crippen LogP contribution in [0.5, 0.6) is 0 Å². The van der Waals surface area contributed by atoms with Crippen molar-refractivity contribution in [2.24, 2.45) is 5.92 Å². The van der Waals surface area contributed by atoms with Gasteiger partial charge in [0.1, 0.15) is 0 Å². The van der Waals surface area contributed by atoms with Crippen molar-refractivity contribution in [1.82, 2.24) is 10.2 Å². The lowest BCUT2D eigenvalue weighted by atomic mass is 9.96. The third-order valence-electron chi connectivity index (χ3n) is 5.30. The zero-order valence-corrected chi connectivity index (χ0v) is 15.6. The average Bonchev–Trinajstić information content (AvgIpc) is 3.47. The summed E-state index contributed by atoms with van der Waals surface area (Å²) in [4.78, 5) is 2.03. The van der Waals surface area contributed by atoms with Crippen LogP contribution >= 0.6 is 0 Å². The van der Waals surface area contributed by atoms with Crippen LogP contribution in [0, 0.1) is 17.2 Å². The van der Waals surface area contributed by atoms with E-state index in [-0.39, 0.29) is 17.5 Å². The molecule has 1 aliphatic carbocycles. The van der Waals surface area contributed by atoms with Crippen LogP contribution in [-0.4, -0.2) is 31.1 Å². The number of hydrogen-bond donors (Lipinski definition) is 1. The quantitative estimate of drug-likeness (QED) is 0.538. The van der Waals surface area contributed by atoms with Crippen LogP contribution in [0.1, 0.15) is 42.4 Å². The number of nitrogens with zero attached hydrogens (tertiary/aromatic N) is 2. The van der Waals surface area contributed by atoms with Gasteiger partial charge < -0.3 is 5.32 Å². The number of benzene rings is 1. The number of piperidine rings is 1. The van der Waals surface area contributed by atoms with Gasteiger partial charge in [-0.1, -0.05) is 0 Å². The summed E-state index contributed by atoms with van der Waals surface area (Å²) in [7, 11) is 0. The van der Waals surface area contributed by atoms with Crippen molar-refractivity contribution in [3.63, 3.8) is 0 Å². The minimum atomic E-state index is -4.86. The van der Waals surface area contributed by atoms with Crippen LogP contribution in [0.3, 0.4) is 0 Å². The van der Waals surface area contributed by atoms with E-state index >= 15 is 0 Å². The maximum absolute atomic E-state index is 13.2. The van der Waals surface area contributed by atoms with E-state index in [0.29, 0.717) is 31.6 Å². The first-order valence-corrected chi connectivity index (χ1v) is 9.43. The molecule has 2 fully saturated rings. The second-order valence-electron chi connectivity index (χ2n) is 7.53. The molecule has 9 heteroatoms. The maximum Gasteiger partial charge on any atom is 0.416 e. The Kier molecular flexibility index (Phi) is 6.13. The van der Waals surface area contributed by atoms with Crippen LogP contribution in [0.2, 0.25) is 0 Å². The number of hydrogen-bond acceptors (Lipinski definition) is 3. The minimum Gasteiger partial charge on any atom is -0.384 e. The van der Waals surface area contributed by atoms with Crippen molar-refractivity contribution < 1.29 is 26.3 Å². The molecule has 0 amide bonds. The van der Waals surface area contributed by atoms with E-state index in [2.05, 4.69) is 11.4 Å². The number of alkyl halides is 6. The number of rotatable bonds is 5. The number of nitrogens with one attached hydrogen (secondary N) is 1. The predicted molar refractivity (Wildman–Crippen MR) is 95.4 cm³/mol. The third-order valence-corrected chi connectivity index (χ3v) is 5.30. The molecule has 1 saturated heterocycles. The summed E-state index contributed by atoms with van der Waals surface area (Å²) in [5.41, 5.74) is -1.43. The predicted octanol–water partition coefficient (Wildman–Crippen LogP) is 5.05. The molecular weight excluding hydrogens is 396 g/mol. The van der Waals surface area contributed by atoms with Crippen LogP contribution in [0.25, 0.3) is 5.70 Å². The van der Waals surface area contributed by atoms with E-state index in [1.165, 1.54) is 0 Å². The van der Waals surface area contributed by atoms with Gasteiger partial charge >= 0.3 is 12.4 Å². The van der Waals surface area contributed by atoms with Crippen molar-refractivity contribution in [3.05, 3.63) is 40.5 Å². The maximum atomic E-state index is 13.2. The van der Waals surface area contributed by atoms with E-state index in [0.717, 1.165) is 43.6 Å². The summed E-state index contributed by atoms with van der Waals surface area (Å²) in [5.74, 6) is 0.257. The van der Waals surface area contributed by atoms with Crippen molar-refractivity contribution >= 4 is 5.70 Å². The molecule has 1 heterocycles. The molecule has 0 spiro atoms. The van der Waals surface area contributed by atoms with Gasteiger partial charge in [-0.25, -0.2) is 0 Å². The van der Waals surface area contributed by atoms with Gasteiger partial charge in [0.2, 0.25) is 0 Å². The molecule has 1 aromatic rings. The van der Waals surface area contributed by atoms with Gasteiger partial charge in [-0.15, -0.1) is 0 Å². The zero-order valence-electron chi connectivity index (χ0n) is 15.6. The fraction of sp³-hybridized carbons (Fsp3) is 0.550. The lowest BCUT2D eigenvalue weighted by Gasteiger charge is -2.30. The Morgan fingerprint density at radius 1 is 1.00 bits per heavy atom. The lowest BCUT2D eigenvalue weighted by molar-refractivity contribution is -0.143. The van der Waals surface area contributed by atoms with E-state index in [4.69, 9.17) is 5.26 Å². The molecule has 29 heavy (non-hydrogen) atoms. The lowest BCUT2D eigenvalue weighted by Crippen LogP contribution is -2.37.